The molecule has 172 valence electrons. The summed E-state index contributed by atoms with van der Waals surface area (Å²) in [6.07, 6.45) is -0.904. The molecule has 2 aromatic rings. The average Bonchev–Trinajstić information content (AvgIpc) is 2.77. The van der Waals surface area contributed by atoms with Crippen molar-refractivity contribution in [1.29, 1.82) is 0 Å². The lowest BCUT2D eigenvalue weighted by Crippen LogP contribution is -2.55. The topological polar surface area (TPSA) is 39.2 Å². The number of alkyl halides is 3. The molecule has 1 fully saturated rings. The summed E-state index contributed by atoms with van der Waals surface area (Å²) >= 11 is 6.12. The third-order valence-corrected chi connectivity index (χ3v) is 5.86. The number of hydrazine groups is 1. The maximum atomic E-state index is 12.6. The molecule has 9 heteroatoms. The van der Waals surface area contributed by atoms with Crippen molar-refractivity contribution >= 4 is 23.4 Å². The standard InChI is InChI=1S/C23H25ClF3N3O2/c24-19-5-8-22-17(14-19)2-1-9-30(22)29-12-10-28(11-13-29)15-20(31)16-32-21-6-3-18(4-7-21)23(25,26)27/h1-8,14,20,31H,9-13,15-16H2. The van der Waals surface area contributed by atoms with E-state index in [1.807, 2.05) is 18.2 Å². The Kier molecular flexibility index (Phi) is 6.95. The largest absolute Gasteiger partial charge is 0.491 e. The van der Waals surface area contributed by atoms with Gasteiger partial charge < -0.3 is 14.9 Å². The first-order valence-corrected chi connectivity index (χ1v) is 10.9. The molecular formula is C23H25ClF3N3O2. The second kappa shape index (κ2) is 9.70. The first-order valence-electron chi connectivity index (χ1n) is 10.5. The van der Waals surface area contributed by atoms with E-state index in [-0.39, 0.29) is 6.61 Å². The van der Waals surface area contributed by atoms with Crippen LogP contribution in [0.3, 0.4) is 0 Å². The van der Waals surface area contributed by atoms with Crippen LogP contribution < -0.4 is 9.75 Å². The van der Waals surface area contributed by atoms with E-state index < -0.39 is 17.8 Å². The van der Waals surface area contributed by atoms with Gasteiger partial charge >= 0.3 is 6.18 Å². The van der Waals surface area contributed by atoms with Crippen molar-refractivity contribution in [1.82, 2.24) is 9.91 Å². The van der Waals surface area contributed by atoms with Crippen LogP contribution in [0.15, 0.2) is 48.5 Å². The Bertz CT molecular complexity index is 944. The lowest BCUT2D eigenvalue weighted by molar-refractivity contribution is -0.137. The van der Waals surface area contributed by atoms with Crippen molar-refractivity contribution in [3.8, 4) is 5.75 Å². The summed E-state index contributed by atoms with van der Waals surface area (Å²) in [5.74, 6) is 0.304. The molecule has 4 rings (SSSR count). The Morgan fingerprint density at radius 1 is 1.03 bits per heavy atom. The normalized spacial score (nSPS) is 18.5. The van der Waals surface area contributed by atoms with E-state index in [0.29, 0.717) is 17.3 Å². The minimum atomic E-state index is -4.38. The molecule has 1 atom stereocenters. The fourth-order valence-corrected chi connectivity index (χ4v) is 4.16. The van der Waals surface area contributed by atoms with Crippen LogP contribution in [-0.4, -0.2) is 67.0 Å². The maximum Gasteiger partial charge on any atom is 0.416 e. The van der Waals surface area contributed by atoms with E-state index in [1.54, 1.807) is 0 Å². The van der Waals surface area contributed by atoms with Gasteiger partial charge in [-0.2, -0.15) is 13.2 Å². The van der Waals surface area contributed by atoms with E-state index in [2.05, 4.69) is 27.1 Å². The average molecular weight is 468 g/mol. The molecule has 0 spiro atoms. The van der Waals surface area contributed by atoms with Gasteiger partial charge in [0, 0.05) is 43.3 Å². The van der Waals surface area contributed by atoms with E-state index in [4.69, 9.17) is 16.3 Å². The number of rotatable bonds is 6. The number of hydrogen-bond acceptors (Lipinski definition) is 5. The highest BCUT2D eigenvalue weighted by Crippen LogP contribution is 2.31. The summed E-state index contributed by atoms with van der Waals surface area (Å²) in [5, 5.41) is 15.6. The molecule has 2 aromatic carbocycles. The van der Waals surface area contributed by atoms with Crippen LogP contribution in [0, 0.1) is 0 Å². The van der Waals surface area contributed by atoms with Crippen molar-refractivity contribution in [3.05, 3.63) is 64.7 Å². The second-order valence-corrected chi connectivity index (χ2v) is 8.37. The molecule has 32 heavy (non-hydrogen) atoms. The summed E-state index contributed by atoms with van der Waals surface area (Å²) in [6.45, 7) is 4.50. The molecule has 0 aliphatic carbocycles. The molecule has 2 aliphatic rings. The number of aliphatic hydroxyl groups excluding tert-OH is 1. The fourth-order valence-electron chi connectivity index (χ4n) is 3.98. The molecule has 0 bridgehead atoms. The number of benzene rings is 2. The number of halogens is 4. The van der Waals surface area contributed by atoms with Gasteiger partial charge in [0.15, 0.2) is 0 Å². The van der Waals surface area contributed by atoms with Crippen molar-refractivity contribution in [2.24, 2.45) is 0 Å². The number of β-amino-alcohol motifs (C(OH)–C–C–N with tert-alkyl or cyclic N) is 1. The lowest BCUT2D eigenvalue weighted by atomic mass is 10.1. The smallest absolute Gasteiger partial charge is 0.416 e. The Labute approximate surface area is 190 Å². The monoisotopic (exact) mass is 467 g/mol. The molecule has 2 heterocycles. The molecule has 0 saturated carbocycles. The van der Waals surface area contributed by atoms with Crippen LogP contribution in [0.4, 0.5) is 18.9 Å². The van der Waals surface area contributed by atoms with Gasteiger partial charge in [0.25, 0.3) is 0 Å². The summed E-state index contributed by atoms with van der Waals surface area (Å²) in [4.78, 5) is 2.17. The molecule has 1 N–H and O–H groups in total. The summed E-state index contributed by atoms with van der Waals surface area (Å²) < 4.78 is 43.3. The van der Waals surface area contributed by atoms with E-state index in [0.717, 1.165) is 56.1 Å². The molecule has 1 unspecified atom stereocenters. The second-order valence-electron chi connectivity index (χ2n) is 7.93. The fraction of sp³-hybridized carbons (Fsp3) is 0.391. The quantitative estimate of drug-likeness (QED) is 0.690. The van der Waals surface area contributed by atoms with Gasteiger partial charge in [-0.15, -0.1) is 0 Å². The van der Waals surface area contributed by atoms with Crippen molar-refractivity contribution in [2.75, 3.05) is 50.9 Å². The Hall–Kier alpha value is -2.26. The van der Waals surface area contributed by atoms with E-state index in [1.165, 1.54) is 12.1 Å². The van der Waals surface area contributed by atoms with Gasteiger partial charge in [-0.25, -0.2) is 5.01 Å². The maximum absolute atomic E-state index is 12.6. The van der Waals surface area contributed by atoms with Crippen LogP contribution in [0.25, 0.3) is 6.08 Å². The zero-order valence-electron chi connectivity index (χ0n) is 17.4. The van der Waals surface area contributed by atoms with Gasteiger partial charge in [0.1, 0.15) is 18.5 Å². The van der Waals surface area contributed by atoms with E-state index >= 15 is 0 Å². The Morgan fingerprint density at radius 2 is 1.75 bits per heavy atom. The van der Waals surface area contributed by atoms with Crippen LogP contribution in [0.2, 0.25) is 5.02 Å². The SMILES string of the molecule is OC(COc1ccc(C(F)(F)F)cc1)CN1CCN(N2CC=Cc3cc(Cl)ccc32)CC1. The van der Waals surface area contributed by atoms with Crippen LogP contribution in [0.5, 0.6) is 5.75 Å². The zero-order valence-corrected chi connectivity index (χ0v) is 18.2. The Balaban J connectivity index is 1.23. The number of piperazine rings is 1. The first-order chi connectivity index (χ1) is 15.3. The Morgan fingerprint density at radius 3 is 2.44 bits per heavy atom. The number of anilines is 1. The highest BCUT2D eigenvalue weighted by molar-refractivity contribution is 6.30. The minimum Gasteiger partial charge on any atom is -0.491 e. The number of ether oxygens (including phenoxy) is 1. The molecule has 1 saturated heterocycles. The molecule has 2 aliphatic heterocycles. The summed E-state index contributed by atoms with van der Waals surface area (Å²) in [5.41, 5.74) is 1.51. The number of fused-ring (bicyclic) bond motifs is 1. The van der Waals surface area contributed by atoms with Crippen molar-refractivity contribution in [2.45, 2.75) is 12.3 Å². The first kappa shape index (κ1) is 22.9. The van der Waals surface area contributed by atoms with Gasteiger partial charge in [-0.3, -0.25) is 4.90 Å². The summed E-state index contributed by atoms with van der Waals surface area (Å²) in [7, 11) is 0. The molecule has 0 radical (unpaired) electrons. The molecule has 0 amide bonds. The van der Waals surface area contributed by atoms with Crippen molar-refractivity contribution < 1.29 is 23.0 Å². The van der Waals surface area contributed by atoms with Gasteiger partial charge in [-0.05, 0) is 42.5 Å². The summed E-state index contributed by atoms with van der Waals surface area (Å²) in [6, 6.07) is 10.4. The third-order valence-electron chi connectivity index (χ3n) is 5.63. The zero-order chi connectivity index (χ0) is 22.7. The van der Waals surface area contributed by atoms with Crippen molar-refractivity contribution in [3.63, 3.8) is 0 Å². The van der Waals surface area contributed by atoms with Gasteiger partial charge in [-0.1, -0.05) is 23.8 Å². The minimum absolute atomic E-state index is 0.0244. The number of nitrogens with zero attached hydrogens (tertiary/aromatic N) is 3. The number of hydrogen-bond donors (Lipinski definition) is 1. The van der Waals surface area contributed by atoms with Gasteiger partial charge in [0.2, 0.25) is 0 Å². The number of aliphatic hydroxyl groups is 1. The third kappa shape index (κ3) is 5.56. The highest BCUT2D eigenvalue weighted by Gasteiger charge is 2.30. The van der Waals surface area contributed by atoms with E-state index in [9.17, 15) is 18.3 Å². The predicted molar refractivity (Wildman–Crippen MR) is 119 cm³/mol. The molecular weight excluding hydrogens is 443 g/mol. The lowest BCUT2D eigenvalue weighted by Gasteiger charge is -2.43. The van der Waals surface area contributed by atoms with Gasteiger partial charge in [0.05, 0.1) is 17.8 Å². The van der Waals surface area contributed by atoms with Crippen LogP contribution >= 0.6 is 11.6 Å². The highest BCUT2D eigenvalue weighted by atomic mass is 35.5. The predicted octanol–water partition coefficient (Wildman–Crippen LogP) is 4.16. The molecule has 5 nitrogen and oxygen atoms in total. The van der Waals surface area contributed by atoms with Crippen LogP contribution in [-0.2, 0) is 6.18 Å². The van der Waals surface area contributed by atoms with Crippen LogP contribution in [0.1, 0.15) is 11.1 Å². The molecule has 0 aromatic heterocycles.